The summed E-state index contributed by atoms with van der Waals surface area (Å²) in [7, 11) is 0. The molecule has 30 heavy (non-hydrogen) atoms. The van der Waals surface area contributed by atoms with Gasteiger partial charge in [0.25, 0.3) is 5.91 Å². The molecule has 0 aliphatic carbocycles. The summed E-state index contributed by atoms with van der Waals surface area (Å²) in [4.78, 5) is 13.2. The standard InChI is InChI=1S/C20H19Cl2FN2O5/c21-11-1-3-14(13(23)7-11)25-6-5-20(28,16(26)8-25)10-30-15-4-2-12(22)18-19(15)29-9-17(27)24-18/h1-4,7,16,26,28H,5-6,8-10H2,(H,24,27)/t16-,20-/m1/s1. The number of amides is 1. The second-order valence-electron chi connectivity index (χ2n) is 7.29. The average Bonchev–Trinajstić information content (AvgIpc) is 2.70. The van der Waals surface area contributed by atoms with Crippen molar-refractivity contribution in [3.05, 3.63) is 46.2 Å². The van der Waals surface area contributed by atoms with Crippen molar-refractivity contribution in [2.75, 3.05) is 36.5 Å². The van der Waals surface area contributed by atoms with Gasteiger partial charge in [-0.1, -0.05) is 23.2 Å². The number of aliphatic hydroxyl groups excluding tert-OH is 1. The number of aliphatic hydroxyl groups is 2. The van der Waals surface area contributed by atoms with Gasteiger partial charge in [-0.05, 0) is 36.8 Å². The first-order chi connectivity index (χ1) is 14.3. The summed E-state index contributed by atoms with van der Waals surface area (Å²) in [6, 6.07) is 7.41. The van der Waals surface area contributed by atoms with Gasteiger partial charge in [-0.25, -0.2) is 4.39 Å². The SMILES string of the molecule is O=C1COc2c(OC[C@]3(O)CCN(c4ccc(Cl)cc4F)C[C@H]3O)ccc(Cl)c2N1. The molecule has 0 saturated carbocycles. The zero-order valence-electron chi connectivity index (χ0n) is 15.7. The lowest BCUT2D eigenvalue weighted by Gasteiger charge is -2.42. The molecule has 7 nitrogen and oxygen atoms in total. The smallest absolute Gasteiger partial charge is 0.262 e. The van der Waals surface area contributed by atoms with Crippen molar-refractivity contribution in [2.45, 2.75) is 18.1 Å². The number of carbonyl (C=O) groups is 1. The summed E-state index contributed by atoms with van der Waals surface area (Å²) < 4.78 is 25.3. The fraction of sp³-hybridized carbons (Fsp3) is 0.350. The van der Waals surface area contributed by atoms with Crippen molar-refractivity contribution in [3.63, 3.8) is 0 Å². The Morgan fingerprint density at radius 3 is 2.87 bits per heavy atom. The molecule has 1 saturated heterocycles. The van der Waals surface area contributed by atoms with Crippen LogP contribution < -0.4 is 19.7 Å². The Kier molecular flexibility index (Phi) is 5.67. The van der Waals surface area contributed by atoms with Crippen LogP contribution in [0.5, 0.6) is 11.5 Å². The Labute approximate surface area is 181 Å². The van der Waals surface area contributed by atoms with Gasteiger partial charge in [0.1, 0.15) is 29.8 Å². The van der Waals surface area contributed by atoms with E-state index in [0.29, 0.717) is 22.9 Å². The van der Waals surface area contributed by atoms with Gasteiger partial charge in [-0.2, -0.15) is 0 Å². The van der Waals surface area contributed by atoms with Gasteiger partial charge >= 0.3 is 0 Å². The summed E-state index contributed by atoms with van der Waals surface area (Å²) in [6.45, 7) is -0.0842. The highest BCUT2D eigenvalue weighted by Crippen LogP contribution is 2.43. The molecule has 0 radical (unpaired) electrons. The Morgan fingerprint density at radius 1 is 1.33 bits per heavy atom. The maximum absolute atomic E-state index is 14.2. The van der Waals surface area contributed by atoms with Crippen LogP contribution in [0.25, 0.3) is 0 Å². The molecule has 3 N–H and O–H groups in total. The fourth-order valence-corrected chi connectivity index (χ4v) is 3.87. The first-order valence-corrected chi connectivity index (χ1v) is 10.0. The second kappa shape index (κ2) is 8.11. The average molecular weight is 457 g/mol. The minimum Gasteiger partial charge on any atom is -0.486 e. The van der Waals surface area contributed by atoms with Crippen molar-refractivity contribution in [1.29, 1.82) is 0 Å². The molecule has 2 aromatic carbocycles. The molecule has 0 bridgehead atoms. The van der Waals surface area contributed by atoms with E-state index >= 15 is 0 Å². The minimum atomic E-state index is -1.55. The molecule has 0 aromatic heterocycles. The van der Waals surface area contributed by atoms with Crippen LogP contribution in [-0.2, 0) is 4.79 Å². The zero-order valence-corrected chi connectivity index (χ0v) is 17.2. The lowest BCUT2D eigenvalue weighted by atomic mass is 9.89. The molecule has 2 aliphatic rings. The van der Waals surface area contributed by atoms with E-state index in [4.69, 9.17) is 32.7 Å². The second-order valence-corrected chi connectivity index (χ2v) is 8.13. The number of ether oxygens (including phenoxy) is 2. The Morgan fingerprint density at radius 2 is 2.13 bits per heavy atom. The molecular weight excluding hydrogens is 438 g/mol. The fourth-order valence-electron chi connectivity index (χ4n) is 3.52. The lowest BCUT2D eigenvalue weighted by molar-refractivity contribution is -0.118. The molecule has 2 heterocycles. The summed E-state index contributed by atoms with van der Waals surface area (Å²) in [5, 5.41) is 24.7. The monoisotopic (exact) mass is 456 g/mol. The number of benzene rings is 2. The normalized spacial score (nSPS) is 23.4. The Hall–Kier alpha value is -2.26. The molecule has 1 amide bonds. The van der Waals surface area contributed by atoms with E-state index in [1.54, 1.807) is 17.0 Å². The molecule has 160 valence electrons. The van der Waals surface area contributed by atoms with E-state index in [2.05, 4.69) is 5.32 Å². The van der Waals surface area contributed by atoms with E-state index in [9.17, 15) is 19.4 Å². The van der Waals surface area contributed by atoms with Gasteiger partial charge in [0.15, 0.2) is 18.1 Å². The number of anilines is 2. The number of fused-ring (bicyclic) bond motifs is 1. The van der Waals surface area contributed by atoms with Crippen LogP contribution in [0.1, 0.15) is 6.42 Å². The van der Waals surface area contributed by atoms with Crippen LogP contribution in [0.3, 0.4) is 0 Å². The number of rotatable bonds is 4. The largest absolute Gasteiger partial charge is 0.486 e. The maximum Gasteiger partial charge on any atom is 0.262 e. The van der Waals surface area contributed by atoms with E-state index in [-0.39, 0.29) is 48.6 Å². The highest BCUT2D eigenvalue weighted by atomic mass is 35.5. The van der Waals surface area contributed by atoms with Gasteiger partial charge < -0.3 is 29.9 Å². The van der Waals surface area contributed by atoms with Gasteiger partial charge in [-0.15, -0.1) is 0 Å². The van der Waals surface area contributed by atoms with Crippen molar-refractivity contribution in [2.24, 2.45) is 0 Å². The third-order valence-corrected chi connectivity index (χ3v) is 5.79. The van der Waals surface area contributed by atoms with Crippen molar-refractivity contribution < 1.29 is 28.9 Å². The highest BCUT2D eigenvalue weighted by molar-refractivity contribution is 6.34. The number of hydrogen-bond donors (Lipinski definition) is 3. The topological polar surface area (TPSA) is 91.3 Å². The van der Waals surface area contributed by atoms with E-state index in [1.165, 1.54) is 18.2 Å². The first kappa shape index (κ1) is 21.0. The van der Waals surface area contributed by atoms with Crippen LogP contribution in [0.2, 0.25) is 10.0 Å². The number of piperidine rings is 1. The maximum atomic E-state index is 14.2. The Balaban J connectivity index is 1.46. The number of nitrogens with zero attached hydrogens (tertiary/aromatic N) is 1. The number of β-amino-alcohol motifs (C(OH)–C–C–N with tert-alkyl or cyclic N) is 1. The van der Waals surface area contributed by atoms with Gasteiger partial charge in [0.2, 0.25) is 0 Å². The third-order valence-electron chi connectivity index (χ3n) is 5.24. The van der Waals surface area contributed by atoms with E-state index < -0.39 is 17.5 Å². The minimum absolute atomic E-state index is 0.0176. The number of nitrogens with one attached hydrogen (secondary N) is 1. The lowest BCUT2D eigenvalue weighted by Crippen LogP contribution is -2.58. The molecule has 1 fully saturated rings. The quantitative estimate of drug-likeness (QED) is 0.655. The predicted molar refractivity (Wildman–Crippen MR) is 110 cm³/mol. The zero-order chi connectivity index (χ0) is 21.5. The van der Waals surface area contributed by atoms with Crippen LogP contribution >= 0.6 is 23.2 Å². The Bertz CT molecular complexity index is 992. The van der Waals surface area contributed by atoms with E-state index in [0.717, 1.165) is 0 Å². The molecule has 0 unspecified atom stereocenters. The number of carbonyl (C=O) groups excluding carboxylic acids is 1. The first-order valence-electron chi connectivity index (χ1n) is 9.25. The molecule has 2 aliphatic heterocycles. The molecule has 0 spiro atoms. The molecule has 2 aromatic rings. The summed E-state index contributed by atoms with van der Waals surface area (Å²) in [5.74, 6) is -0.289. The molecule has 2 atom stereocenters. The highest BCUT2D eigenvalue weighted by Gasteiger charge is 2.42. The summed E-state index contributed by atoms with van der Waals surface area (Å²) in [6.07, 6.45) is -1.05. The van der Waals surface area contributed by atoms with E-state index in [1.807, 2.05) is 0 Å². The van der Waals surface area contributed by atoms with Gasteiger partial charge in [0.05, 0.1) is 10.7 Å². The van der Waals surface area contributed by atoms with Crippen LogP contribution in [-0.4, -0.2) is 54.1 Å². The third kappa shape index (κ3) is 4.00. The van der Waals surface area contributed by atoms with Crippen LogP contribution in [0.15, 0.2) is 30.3 Å². The van der Waals surface area contributed by atoms with Crippen molar-refractivity contribution in [3.8, 4) is 11.5 Å². The summed E-state index contributed by atoms with van der Waals surface area (Å²) >= 11 is 11.9. The van der Waals surface area contributed by atoms with Crippen LogP contribution in [0, 0.1) is 5.82 Å². The molecule has 4 rings (SSSR count). The van der Waals surface area contributed by atoms with Gasteiger partial charge in [-0.3, -0.25) is 4.79 Å². The summed E-state index contributed by atoms with van der Waals surface area (Å²) in [5.41, 5.74) is -0.951. The van der Waals surface area contributed by atoms with Gasteiger partial charge in [0, 0.05) is 18.1 Å². The molecular formula is C20H19Cl2FN2O5. The molecule has 10 heteroatoms. The van der Waals surface area contributed by atoms with Crippen LogP contribution in [0.4, 0.5) is 15.8 Å². The van der Waals surface area contributed by atoms with Crippen molar-refractivity contribution >= 4 is 40.5 Å². The predicted octanol–water partition coefficient (Wildman–Crippen LogP) is 2.84. The number of hydrogen-bond acceptors (Lipinski definition) is 6. The van der Waals surface area contributed by atoms with Crippen molar-refractivity contribution in [1.82, 2.24) is 0 Å². The number of halogens is 3.